The maximum Gasteiger partial charge on any atom is 0.240 e. The molecule has 0 saturated carbocycles. The second-order valence-electron chi connectivity index (χ2n) is 5.11. The van der Waals surface area contributed by atoms with Crippen LogP contribution in [0.3, 0.4) is 0 Å². The number of likely N-dealkylation sites (N-methyl/N-ethyl adjacent to an activating group) is 2. The molecule has 1 aliphatic heterocycles. The third-order valence-corrected chi connectivity index (χ3v) is 3.79. The van der Waals surface area contributed by atoms with Crippen molar-refractivity contribution in [2.45, 2.75) is 18.9 Å². The molecular formula is C15H24ClN3O. The number of carbonyl (C=O) groups excluding carboxylic acids is 1. The van der Waals surface area contributed by atoms with Crippen molar-refractivity contribution in [3.8, 4) is 0 Å². The van der Waals surface area contributed by atoms with Crippen LogP contribution in [-0.4, -0.2) is 50.6 Å². The molecule has 1 aromatic rings. The zero-order valence-electron chi connectivity index (χ0n) is 12.2. The monoisotopic (exact) mass is 297 g/mol. The van der Waals surface area contributed by atoms with Gasteiger partial charge in [-0.2, -0.15) is 0 Å². The van der Waals surface area contributed by atoms with Crippen molar-refractivity contribution < 1.29 is 4.79 Å². The van der Waals surface area contributed by atoms with Gasteiger partial charge in [0.1, 0.15) is 0 Å². The molecule has 2 rings (SSSR count). The van der Waals surface area contributed by atoms with Gasteiger partial charge in [-0.3, -0.25) is 9.69 Å². The van der Waals surface area contributed by atoms with E-state index in [0.717, 1.165) is 18.8 Å². The molecule has 1 N–H and O–H groups in total. The fourth-order valence-corrected chi connectivity index (χ4v) is 2.65. The Bertz CT molecular complexity index is 413. The molecular weight excluding hydrogens is 274 g/mol. The number of nitrogens with zero attached hydrogens (tertiary/aromatic N) is 2. The first-order valence-corrected chi connectivity index (χ1v) is 6.92. The Morgan fingerprint density at radius 1 is 1.40 bits per heavy atom. The second kappa shape index (κ2) is 8.25. The zero-order valence-corrected chi connectivity index (χ0v) is 13.0. The van der Waals surface area contributed by atoms with E-state index in [2.05, 4.69) is 10.2 Å². The first-order chi connectivity index (χ1) is 9.22. The molecule has 0 bridgehead atoms. The van der Waals surface area contributed by atoms with Gasteiger partial charge in [0, 0.05) is 25.3 Å². The lowest BCUT2D eigenvalue weighted by Gasteiger charge is -2.26. The number of para-hydroxylation sites is 1. The SMILES string of the molecule is CNCC1CCCN1CC(=O)N(C)c1ccccc1.Cl. The smallest absolute Gasteiger partial charge is 0.240 e. The van der Waals surface area contributed by atoms with Gasteiger partial charge in [-0.15, -0.1) is 12.4 Å². The van der Waals surface area contributed by atoms with Crippen LogP contribution in [0.1, 0.15) is 12.8 Å². The van der Waals surface area contributed by atoms with Crippen molar-refractivity contribution in [3.63, 3.8) is 0 Å². The molecule has 0 radical (unpaired) electrons. The minimum absolute atomic E-state index is 0. The van der Waals surface area contributed by atoms with Crippen LogP contribution in [0, 0.1) is 0 Å². The highest BCUT2D eigenvalue weighted by Crippen LogP contribution is 2.17. The standard InChI is InChI=1S/C15H23N3O.ClH/c1-16-11-14-9-6-10-18(14)12-15(19)17(2)13-7-4-3-5-8-13;/h3-5,7-8,14,16H,6,9-12H2,1-2H3;1H. The lowest BCUT2D eigenvalue weighted by Crippen LogP contribution is -2.43. The summed E-state index contributed by atoms with van der Waals surface area (Å²) in [5, 5.41) is 3.21. The summed E-state index contributed by atoms with van der Waals surface area (Å²) >= 11 is 0. The number of likely N-dealkylation sites (tertiary alicyclic amines) is 1. The van der Waals surface area contributed by atoms with Crippen LogP contribution >= 0.6 is 12.4 Å². The molecule has 1 saturated heterocycles. The van der Waals surface area contributed by atoms with Gasteiger partial charge in [0.05, 0.1) is 6.54 Å². The zero-order chi connectivity index (χ0) is 13.7. The number of hydrogen-bond acceptors (Lipinski definition) is 3. The molecule has 1 amide bonds. The summed E-state index contributed by atoms with van der Waals surface area (Å²) in [4.78, 5) is 16.3. The molecule has 1 atom stereocenters. The normalized spacial score (nSPS) is 18.6. The highest BCUT2D eigenvalue weighted by molar-refractivity contribution is 5.94. The van der Waals surface area contributed by atoms with Gasteiger partial charge in [0.2, 0.25) is 5.91 Å². The van der Waals surface area contributed by atoms with E-state index in [-0.39, 0.29) is 18.3 Å². The Balaban J connectivity index is 0.00000200. The van der Waals surface area contributed by atoms with Crippen LogP contribution in [0.4, 0.5) is 5.69 Å². The number of amides is 1. The van der Waals surface area contributed by atoms with Gasteiger partial charge >= 0.3 is 0 Å². The highest BCUT2D eigenvalue weighted by Gasteiger charge is 2.26. The van der Waals surface area contributed by atoms with E-state index in [1.165, 1.54) is 12.8 Å². The van der Waals surface area contributed by atoms with Gasteiger partial charge < -0.3 is 10.2 Å². The fourth-order valence-electron chi connectivity index (χ4n) is 2.65. The van der Waals surface area contributed by atoms with E-state index in [9.17, 15) is 4.79 Å². The van der Waals surface area contributed by atoms with Crippen LogP contribution < -0.4 is 10.2 Å². The van der Waals surface area contributed by atoms with Gasteiger partial charge in [-0.05, 0) is 38.6 Å². The van der Waals surface area contributed by atoms with Crippen LogP contribution in [0.2, 0.25) is 0 Å². The maximum atomic E-state index is 12.3. The van der Waals surface area contributed by atoms with E-state index in [1.807, 2.05) is 44.4 Å². The summed E-state index contributed by atoms with van der Waals surface area (Å²) in [6.07, 6.45) is 2.37. The molecule has 112 valence electrons. The van der Waals surface area contributed by atoms with Crippen LogP contribution in [0.15, 0.2) is 30.3 Å². The summed E-state index contributed by atoms with van der Waals surface area (Å²) in [5.74, 6) is 0.161. The summed E-state index contributed by atoms with van der Waals surface area (Å²) in [6.45, 7) is 2.50. The first kappa shape index (κ1) is 17.0. The predicted octanol–water partition coefficient (Wildman–Crippen LogP) is 1.75. The maximum absolute atomic E-state index is 12.3. The predicted molar refractivity (Wildman–Crippen MR) is 85.6 cm³/mol. The quantitative estimate of drug-likeness (QED) is 0.899. The van der Waals surface area contributed by atoms with Crippen molar-refractivity contribution in [1.29, 1.82) is 0 Å². The molecule has 1 aromatic carbocycles. The molecule has 0 aromatic heterocycles. The number of nitrogens with one attached hydrogen (secondary N) is 1. The van der Waals surface area contributed by atoms with Gasteiger partial charge in [-0.25, -0.2) is 0 Å². The minimum atomic E-state index is 0. The lowest BCUT2D eigenvalue weighted by molar-refractivity contribution is -0.119. The second-order valence-corrected chi connectivity index (χ2v) is 5.11. The summed E-state index contributed by atoms with van der Waals surface area (Å²) in [5.41, 5.74) is 0.955. The number of benzene rings is 1. The first-order valence-electron chi connectivity index (χ1n) is 6.92. The average molecular weight is 298 g/mol. The van der Waals surface area contributed by atoms with E-state index >= 15 is 0 Å². The van der Waals surface area contributed by atoms with E-state index < -0.39 is 0 Å². The van der Waals surface area contributed by atoms with Crippen LogP contribution in [-0.2, 0) is 4.79 Å². The largest absolute Gasteiger partial charge is 0.318 e. The Labute approximate surface area is 127 Å². The topological polar surface area (TPSA) is 35.6 Å². The van der Waals surface area contributed by atoms with E-state index in [0.29, 0.717) is 12.6 Å². The van der Waals surface area contributed by atoms with Crippen molar-refractivity contribution >= 4 is 24.0 Å². The van der Waals surface area contributed by atoms with Crippen molar-refractivity contribution in [2.24, 2.45) is 0 Å². The fraction of sp³-hybridized carbons (Fsp3) is 0.533. The highest BCUT2D eigenvalue weighted by atomic mass is 35.5. The van der Waals surface area contributed by atoms with Crippen molar-refractivity contribution in [3.05, 3.63) is 30.3 Å². The molecule has 4 nitrogen and oxygen atoms in total. The number of anilines is 1. The van der Waals surface area contributed by atoms with E-state index in [4.69, 9.17) is 0 Å². The molecule has 1 fully saturated rings. The van der Waals surface area contributed by atoms with Crippen molar-refractivity contribution in [1.82, 2.24) is 10.2 Å². The van der Waals surface area contributed by atoms with Crippen molar-refractivity contribution in [2.75, 3.05) is 38.6 Å². The van der Waals surface area contributed by atoms with E-state index in [1.54, 1.807) is 4.90 Å². The Morgan fingerprint density at radius 3 is 2.75 bits per heavy atom. The number of rotatable bonds is 5. The number of hydrogen-bond donors (Lipinski definition) is 1. The average Bonchev–Trinajstić information content (AvgIpc) is 2.86. The molecule has 5 heteroatoms. The molecule has 1 unspecified atom stereocenters. The van der Waals surface area contributed by atoms with Gasteiger partial charge in [0.25, 0.3) is 0 Å². The van der Waals surface area contributed by atoms with Gasteiger partial charge in [-0.1, -0.05) is 18.2 Å². The third kappa shape index (κ3) is 4.20. The van der Waals surface area contributed by atoms with Crippen LogP contribution in [0.25, 0.3) is 0 Å². The summed E-state index contributed by atoms with van der Waals surface area (Å²) < 4.78 is 0. The van der Waals surface area contributed by atoms with Gasteiger partial charge in [0.15, 0.2) is 0 Å². The molecule has 0 aliphatic carbocycles. The third-order valence-electron chi connectivity index (χ3n) is 3.79. The molecule has 1 heterocycles. The Kier molecular flexibility index (Phi) is 6.99. The summed E-state index contributed by atoms with van der Waals surface area (Å²) in [7, 11) is 3.81. The molecule has 0 spiro atoms. The number of carbonyl (C=O) groups is 1. The molecule has 20 heavy (non-hydrogen) atoms. The minimum Gasteiger partial charge on any atom is -0.318 e. The Hall–Kier alpha value is -1.10. The lowest BCUT2D eigenvalue weighted by atomic mass is 10.2. The summed E-state index contributed by atoms with van der Waals surface area (Å²) in [6, 6.07) is 10.3. The number of halogens is 1. The Morgan fingerprint density at radius 2 is 2.10 bits per heavy atom. The molecule has 1 aliphatic rings. The van der Waals surface area contributed by atoms with Crippen LogP contribution in [0.5, 0.6) is 0 Å².